The summed E-state index contributed by atoms with van der Waals surface area (Å²) in [4.78, 5) is 33.3. The Balaban J connectivity index is 2.03. The predicted molar refractivity (Wildman–Crippen MR) is 96.2 cm³/mol. The highest BCUT2D eigenvalue weighted by Crippen LogP contribution is 2.47. The first-order valence-corrected chi connectivity index (χ1v) is 8.64. The molecule has 3 heterocycles. The number of H-pyrrole nitrogens is 1. The Morgan fingerprint density at radius 1 is 1.31 bits per heavy atom. The van der Waals surface area contributed by atoms with Crippen LogP contribution in [0.15, 0.2) is 47.8 Å². The normalized spacial score (nSPS) is 29.3. The van der Waals surface area contributed by atoms with Crippen molar-refractivity contribution in [1.29, 1.82) is 0 Å². The van der Waals surface area contributed by atoms with E-state index in [-0.39, 0.29) is 17.6 Å². The number of rotatable bonds is 5. The Morgan fingerprint density at radius 2 is 2.03 bits per heavy atom. The molecule has 12 nitrogen and oxygen atoms in total. The maximum Gasteiger partial charge on any atom is 0.399 e. The number of nitrogens with zero attached hydrogens (tertiary/aromatic N) is 4. The summed E-state index contributed by atoms with van der Waals surface area (Å²) in [5.41, 5.74) is -5.60. The van der Waals surface area contributed by atoms with Crippen LogP contribution in [0.2, 0.25) is 0 Å². The van der Waals surface area contributed by atoms with Gasteiger partial charge in [0.2, 0.25) is 0 Å². The topological polar surface area (TPSA) is 177 Å². The standard InChI is InChI=1S/C17H17N5O7/c23-7-11-13(24)17(26,22(27)28)16(29-11,6-10-4-2-1-3-5-10)21-9-20-12-14(21)18-8-19-15(12)25/h1-5,8-9,11,13,23-24,26H,6-7H2,(H,18,19,25)/t11-,13-,16-,17-/m1/s1. The molecule has 4 N–H and O–H groups in total. The molecule has 4 atom stereocenters. The van der Waals surface area contributed by atoms with Crippen LogP contribution in [0.4, 0.5) is 0 Å². The summed E-state index contributed by atoms with van der Waals surface area (Å²) in [5.74, 6) is 0. The summed E-state index contributed by atoms with van der Waals surface area (Å²) in [7, 11) is 0. The SMILES string of the molecule is O=c1[nH]cnc2c1ncn2[C@]1(Cc2ccccc2)O[C@H](CO)[C@@H](O)[C@]1(O)[N+](=O)[O-]. The lowest BCUT2D eigenvalue weighted by Crippen LogP contribution is -2.63. The zero-order valence-corrected chi connectivity index (χ0v) is 14.9. The first kappa shape index (κ1) is 19.1. The Bertz CT molecular complexity index is 1120. The predicted octanol–water partition coefficient (Wildman–Crippen LogP) is -1.27. The number of aromatic nitrogens is 4. The zero-order valence-electron chi connectivity index (χ0n) is 14.9. The molecule has 0 radical (unpaired) electrons. The highest BCUT2D eigenvalue weighted by atomic mass is 16.7. The van der Waals surface area contributed by atoms with E-state index in [1.54, 1.807) is 30.3 Å². The average molecular weight is 403 g/mol. The molecule has 0 unspecified atom stereocenters. The summed E-state index contributed by atoms with van der Waals surface area (Å²) in [6.07, 6.45) is -1.64. The number of fused-ring (bicyclic) bond motifs is 1. The molecule has 0 amide bonds. The molecule has 1 aliphatic heterocycles. The van der Waals surface area contributed by atoms with Crippen molar-refractivity contribution >= 4 is 11.2 Å². The number of ether oxygens (including phenoxy) is 1. The van der Waals surface area contributed by atoms with Gasteiger partial charge in [-0.05, 0) is 5.56 Å². The lowest BCUT2D eigenvalue weighted by molar-refractivity contribution is -0.659. The van der Waals surface area contributed by atoms with Crippen molar-refractivity contribution in [2.24, 2.45) is 0 Å². The number of benzene rings is 1. The van der Waals surface area contributed by atoms with Crippen molar-refractivity contribution in [2.75, 3.05) is 6.61 Å². The second-order valence-corrected chi connectivity index (χ2v) is 6.73. The van der Waals surface area contributed by atoms with Crippen molar-refractivity contribution in [3.05, 3.63) is 69.0 Å². The number of aliphatic hydroxyl groups excluding tert-OH is 2. The Hall–Kier alpha value is -3.19. The van der Waals surface area contributed by atoms with E-state index in [1.165, 1.54) is 0 Å². The van der Waals surface area contributed by atoms with Crippen LogP contribution in [-0.4, -0.2) is 64.3 Å². The van der Waals surface area contributed by atoms with Crippen molar-refractivity contribution in [2.45, 2.75) is 30.1 Å². The molecule has 0 saturated carbocycles. The van der Waals surface area contributed by atoms with E-state index >= 15 is 0 Å². The van der Waals surface area contributed by atoms with Crippen molar-refractivity contribution < 1.29 is 25.0 Å². The van der Waals surface area contributed by atoms with E-state index in [2.05, 4.69) is 15.0 Å². The van der Waals surface area contributed by atoms with Crippen LogP contribution >= 0.6 is 0 Å². The zero-order chi connectivity index (χ0) is 20.8. The summed E-state index contributed by atoms with van der Waals surface area (Å²) in [6.45, 7) is -0.783. The monoisotopic (exact) mass is 403 g/mol. The van der Waals surface area contributed by atoms with Crippen LogP contribution < -0.4 is 5.56 Å². The van der Waals surface area contributed by atoms with Crippen LogP contribution in [-0.2, 0) is 16.9 Å². The summed E-state index contributed by atoms with van der Waals surface area (Å²) in [5, 5.41) is 43.3. The van der Waals surface area contributed by atoms with Gasteiger partial charge in [0.1, 0.15) is 6.10 Å². The van der Waals surface area contributed by atoms with Gasteiger partial charge in [-0.2, -0.15) is 0 Å². The Kier molecular flexibility index (Phi) is 4.42. The molecule has 3 aromatic rings. The number of aliphatic hydroxyl groups is 3. The molecule has 0 aliphatic carbocycles. The van der Waals surface area contributed by atoms with E-state index in [0.29, 0.717) is 5.56 Å². The fraction of sp³-hybridized carbons (Fsp3) is 0.353. The molecular formula is C17H17N5O7. The quantitative estimate of drug-likeness (QED) is 0.230. The average Bonchev–Trinajstić information content (AvgIpc) is 3.24. The van der Waals surface area contributed by atoms with E-state index in [4.69, 9.17) is 4.74 Å². The van der Waals surface area contributed by atoms with Gasteiger partial charge in [0.05, 0.1) is 24.2 Å². The second-order valence-electron chi connectivity index (χ2n) is 6.73. The van der Waals surface area contributed by atoms with Crippen molar-refractivity contribution in [3.8, 4) is 0 Å². The van der Waals surface area contributed by atoms with Gasteiger partial charge in [-0.25, -0.2) is 9.97 Å². The second kappa shape index (κ2) is 6.70. The van der Waals surface area contributed by atoms with Crippen LogP contribution in [0.1, 0.15) is 5.56 Å². The van der Waals surface area contributed by atoms with Gasteiger partial charge in [0.15, 0.2) is 17.3 Å². The van der Waals surface area contributed by atoms with Crippen LogP contribution in [0.5, 0.6) is 0 Å². The van der Waals surface area contributed by atoms with Gasteiger partial charge >= 0.3 is 5.72 Å². The smallest absolute Gasteiger partial charge is 0.394 e. The first-order chi connectivity index (χ1) is 13.8. The minimum atomic E-state index is -3.08. The van der Waals surface area contributed by atoms with Crippen molar-refractivity contribution in [3.63, 3.8) is 0 Å². The molecule has 1 fully saturated rings. The van der Waals surface area contributed by atoms with E-state index in [9.17, 15) is 30.2 Å². The number of hydrogen-bond acceptors (Lipinski definition) is 9. The minimum absolute atomic E-state index is 0.0873. The van der Waals surface area contributed by atoms with Gasteiger partial charge in [0, 0.05) is 6.42 Å². The molecular weight excluding hydrogens is 386 g/mol. The summed E-state index contributed by atoms with van der Waals surface area (Å²) >= 11 is 0. The lowest BCUT2D eigenvalue weighted by Gasteiger charge is -2.35. The third kappa shape index (κ3) is 2.57. The maximum atomic E-state index is 12.1. The van der Waals surface area contributed by atoms with Crippen LogP contribution in [0, 0.1) is 10.1 Å². The maximum absolute atomic E-state index is 12.1. The highest BCUT2D eigenvalue weighted by molar-refractivity contribution is 5.69. The number of aromatic amines is 1. The highest BCUT2D eigenvalue weighted by Gasteiger charge is 2.76. The number of hydrogen-bond donors (Lipinski definition) is 4. The van der Waals surface area contributed by atoms with E-state index in [1.807, 2.05) is 0 Å². The molecule has 1 aliphatic rings. The van der Waals surface area contributed by atoms with E-state index in [0.717, 1.165) is 17.2 Å². The fourth-order valence-corrected chi connectivity index (χ4v) is 3.75. The summed E-state index contributed by atoms with van der Waals surface area (Å²) < 4.78 is 6.82. The molecule has 29 heavy (non-hydrogen) atoms. The molecule has 1 aromatic carbocycles. The van der Waals surface area contributed by atoms with Gasteiger partial charge in [0.25, 0.3) is 11.3 Å². The third-order valence-corrected chi connectivity index (χ3v) is 5.16. The first-order valence-electron chi connectivity index (χ1n) is 8.64. The third-order valence-electron chi connectivity index (χ3n) is 5.16. The van der Waals surface area contributed by atoms with Gasteiger partial charge < -0.3 is 25.0 Å². The number of imidazole rings is 1. The molecule has 1 saturated heterocycles. The van der Waals surface area contributed by atoms with E-state index < -0.39 is 40.7 Å². The summed E-state index contributed by atoms with van der Waals surface area (Å²) in [6, 6.07) is 8.44. The lowest BCUT2D eigenvalue weighted by atomic mass is 9.89. The molecule has 4 rings (SSSR count). The van der Waals surface area contributed by atoms with Gasteiger partial charge in [-0.3, -0.25) is 19.5 Å². The molecule has 0 spiro atoms. The Labute approximate surface area is 162 Å². The fourth-order valence-electron chi connectivity index (χ4n) is 3.75. The number of nitro groups is 1. The molecule has 12 heteroatoms. The van der Waals surface area contributed by atoms with Gasteiger partial charge in [-0.15, -0.1) is 0 Å². The molecule has 0 bridgehead atoms. The molecule has 152 valence electrons. The minimum Gasteiger partial charge on any atom is -0.394 e. The van der Waals surface area contributed by atoms with Crippen LogP contribution in [0.25, 0.3) is 11.2 Å². The largest absolute Gasteiger partial charge is 0.399 e. The van der Waals surface area contributed by atoms with Gasteiger partial charge in [-0.1, -0.05) is 30.3 Å². The molecule has 2 aromatic heterocycles. The van der Waals surface area contributed by atoms with Crippen molar-refractivity contribution in [1.82, 2.24) is 19.5 Å². The Morgan fingerprint density at radius 3 is 2.69 bits per heavy atom. The number of nitrogens with one attached hydrogen (secondary N) is 1. The van der Waals surface area contributed by atoms with Crippen LogP contribution in [0.3, 0.4) is 0 Å².